The lowest BCUT2D eigenvalue weighted by Gasteiger charge is -2.16. The first-order valence-corrected chi connectivity index (χ1v) is 9.08. The van der Waals surface area contributed by atoms with E-state index in [4.69, 9.17) is 5.11 Å². The normalized spacial score (nSPS) is 13.0. The van der Waals surface area contributed by atoms with Crippen molar-refractivity contribution >= 4 is 43.3 Å². The molecule has 1 unspecified atom stereocenters. The Bertz CT molecular complexity index is 728. The van der Waals surface area contributed by atoms with Gasteiger partial charge in [-0.25, -0.2) is 13.1 Å². The van der Waals surface area contributed by atoms with Gasteiger partial charge >= 0.3 is 5.97 Å². The third-order valence-electron chi connectivity index (χ3n) is 2.69. The zero-order valence-corrected chi connectivity index (χ0v) is 13.9. The van der Waals surface area contributed by atoms with Crippen LogP contribution in [0, 0.1) is 0 Å². The number of carboxylic acid groups (broad SMARTS) is 1. The van der Waals surface area contributed by atoms with Crippen LogP contribution < -0.4 is 4.72 Å². The van der Waals surface area contributed by atoms with Crippen LogP contribution in [0.25, 0.3) is 0 Å². The van der Waals surface area contributed by atoms with Crippen molar-refractivity contribution in [3.63, 3.8) is 0 Å². The highest BCUT2D eigenvalue weighted by Gasteiger charge is 2.25. The first-order valence-electron chi connectivity index (χ1n) is 5.92. The summed E-state index contributed by atoms with van der Waals surface area (Å²) in [6.45, 7) is 0. The molecule has 0 bridgehead atoms. The van der Waals surface area contributed by atoms with Crippen LogP contribution >= 0.6 is 27.3 Å². The molecule has 0 spiro atoms. The average molecular weight is 390 g/mol. The van der Waals surface area contributed by atoms with Crippen LogP contribution in [0.15, 0.2) is 51.1 Å². The lowest BCUT2D eigenvalue weighted by Crippen LogP contribution is -2.30. The van der Waals surface area contributed by atoms with Crippen molar-refractivity contribution in [1.82, 2.24) is 4.72 Å². The predicted octanol–water partition coefficient (Wildman–Crippen LogP) is 3.00. The summed E-state index contributed by atoms with van der Waals surface area (Å²) in [5, 5.41) is 10.7. The number of thiophene rings is 1. The summed E-state index contributed by atoms with van der Waals surface area (Å²) in [6, 6.07) is 9.06. The van der Waals surface area contributed by atoms with Gasteiger partial charge in [0.05, 0.1) is 17.4 Å². The minimum Gasteiger partial charge on any atom is -0.481 e. The van der Waals surface area contributed by atoms with E-state index in [9.17, 15) is 13.2 Å². The van der Waals surface area contributed by atoms with Crippen LogP contribution in [0.3, 0.4) is 0 Å². The zero-order valence-electron chi connectivity index (χ0n) is 10.7. The number of aliphatic carboxylic acids is 1. The quantitative estimate of drug-likeness (QED) is 0.794. The van der Waals surface area contributed by atoms with Crippen molar-refractivity contribution in [1.29, 1.82) is 0 Å². The van der Waals surface area contributed by atoms with Crippen LogP contribution in [-0.4, -0.2) is 19.5 Å². The third kappa shape index (κ3) is 4.13. The van der Waals surface area contributed by atoms with Crippen molar-refractivity contribution in [2.45, 2.75) is 17.4 Å². The zero-order chi connectivity index (χ0) is 15.5. The first-order chi connectivity index (χ1) is 9.90. The fraction of sp³-hybridized carbons (Fsp3) is 0.154. The Morgan fingerprint density at radius 2 is 2.00 bits per heavy atom. The monoisotopic (exact) mass is 389 g/mol. The van der Waals surface area contributed by atoms with Gasteiger partial charge in [0.15, 0.2) is 0 Å². The molecular formula is C13H12BrNO4S2. The number of carboxylic acids is 1. The maximum atomic E-state index is 12.4. The van der Waals surface area contributed by atoms with Crippen LogP contribution in [0.1, 0.15) is 17.3 Å². The second-order valence-corrected chi connectivity index (χ2v) is 7.73. The van der Waals surface area contributed by atoms with Crippen LogP contribution in [0.5, 0.6) is 0 Å². The summed E-state index contributed by atoms with van der Waals surface area (Å²) in [4.78, 5) is 11.7. The molecule has 0 aliphatic rings. The smallest absolute Gasteiger partial charge is 0.305 e. The molecule has 1 heterocycles. The standard InChI is InChI=1S/C13H12BrNO4S2/c14-9-4-1-2-6-12(9)21(18,19)15-10(8-13(16)17)11-5-3-7-20-11/h1-7,10,15H,8H2,(H,16,17). The van der Waals surface area contributed by atoms with E-state index in [-0.39, 0.29) is 11.3 Å². The van der Waals surface area contributed by atoms with Crippen LogP contribution in [0.2, 0.25) is 0 Å². The van der Waals surface area contributed by atoms with Gasteiger partial charge in [-0.15, -0.1) is 11.3 Å². The molecule has 8 heteroatoms. The maximum Gasteiger partial charge on any atom is 0.305 e. The molecule has 0 amide bonds. The molecule has 1 aromatic heterocycles. The fourth-order valence-corrected chi connectivity index (χ4v) is 4.85. The second kappa shape index (κ2) is 6.69. The van der Waals surface area contributed by atoms with Gasteiger partial charge < -0.3 is 5.11 Å². The number of rotatable bonds is 6. The summed E-state index contributed by atoms with van der Waals surface area (Å²) in [5.74, 6) is -1.07. The maximum absolute atomic E-state index is 12.4. The molecule has 112 valence electrons. The topological polar surface area (TPSA) is 83.5 Å². The van der Waals surface area contributed by atoms with Crippen molar-refractivity contribution in [3.8, 4) is 0 Å². The Balaban J connectivity index is 2.32. The summed E-state index contributed by atoms with van der Waals surface area (Å²) < 4.78 is 27.7. The number of nitrogens with one attached hydrogen (secondary N) is 1. The van der Waals surface area contributed by atoms with Crippen LogP contribution in [0.4, 0.5) is 0 Å². The Hall–Kier alpha value is -1.22. The molecule has 1 atom stereocenters. The molecule has 0 saturated heterocycles. The van der Waals surface area contributed by atoms with Gasteiger partial charge in [0, 0.05) is 9.35 Å². The Morgan fingerprint density at radius 1 is 1.29 bits per heavy atom. The highest BCUT2D eigenvalue weighted by molar-refractivity contribution is 9.10. The summed E-state index contributed by atoms with van der Waals surface area (Å²) in [5.41, 5.74) is 0. The third-order valence-corrected chi connectivity index (χ3v) is 6.16. The second-order valence-electron chi connectivity index (χ2n) is 4.22. The lowest BCUT2D eigenvalue weighted by molar-refractivity contribution is -0.137. The van der Waals surface area contributed by atoms with Gasteiger partial charge in [-0.3, -0.25) is 4.79 Å². The van der Waals surface area contributed by atoms with Gasteiger partial charge in [-0.2, -0.15) is 0 Å². The molecule has 2 rings (SSSR count). The van der Waals surface area contributed by atoms with E-state index >= 15 is 0 Å². The van der Waals surface area contributed by atoms with Crippen molar-refractivity contribution in [2.75, 3.05) is 0 Å². The van der Waals surface area contributed by atoms with Crippen molar-refractivity contribution in [3.05, 3.63) is 51.1 Å². The van der Waals surface area contributed by atoms with E-state index in [1.54, 1.807) is 35.7 Å². The van der Waals surface area contributed by atoms with Crippen molar-refractivity contribution < 1.29 is 18.3 Å². The molecule has 1 aromatic carbocycles. The largest absolute Gasteiger partial charge is 0.481 e. The number of carbonyl (C=O) groups is 1. The number of halogens is 1. The van der Waals surface area contributed by atoms with E-state index in [0.717, 1.165) is 0 Å². The van der Waals surface area contributed by atoms with Gasteiger partial charge in [-0.05, 0) is 39.5 Å². The molecule has 2 N–H and O–H groups in total. The van der Waals surface area contributed by atoms with E-state index in [1.807, 2.05) is 0 Å². The molecule has 0 fully saturated rings. The molecule has 0 saturated carbocycles. The molecular weight excluding hydrogens is 378 g/mol. The van der Waals surface area contributed by atoms with Crippen molar-refractivity contribution in [2.24, 2.45) is 0 Å². The Kier molecular flexibility index (Phi) is 5.15. The Labute approximate surface area is 134 Å². The summed E-state index contributed by atoms with van der Waals surface area (Å²) >= 11 is 4.50. The lowest BCUT2D eigenvalue weighted by atomic mass is 10.2. The number of hydrogen-bond acceptors (Lipinski definition) is 4. The SMILES string of the molecule is O=C(O)CC(NS(=O)(=O)c1ccccc1Br)c1cccs1. The van der Waals surface area contributed by atoms with Gasteiger partial charge in [-0.1, -0.05) is 18.2 Å². The molecule has 2 aromatic rings. The number of hydrogen-bond donors (Lipinski definition) is 2. The minimum absolute atomic E-state index is 0.0805. The van der Waals surface area contributed by atoms with Gasteiger partial charge in [0.1, 0.15) is 0 Å². The van der Waals surface area contributed by atoms with Crippen LogP contribution in [-0.2, 0) is 14.8 Å². The van der Waals surface area contributed by atoms with E-state index in [1.165, 1.54) is 17.4 Å². The van der Waals surface area contributed by atoms with E-state index in [0.29, 0.717) is 9.35 Å². The highest BCUT2D eigenvalue weighted by atomic mass is 79.9. The van der Waals surface area contributed by atoms with E-state index < -0.39 is 22.0 Å². The van der Waals surface area contributed by atoms with Gasteiger partial charge in [0.2, 0.25) is 10.0 Å². The van der Waals surface area contributed by atoms with Gasteiger partial charge in [0.25, 0.3) is 0 Å². The molecule has 5 nitrogen and oxygen atoms in total. The fourth-order valence-electron chi connectivity index (χ4n) is 1.78. The highest BCUT2D eigenvalue weighted by Crippen LogP contribution is 2.27. The van der Waals surface area contributed by atoms with E-state index in [2.05, 4.69) is 20.7 Å². The molecule has 21 heavy (non-hydrogen) atoms. The minimum atomic E-state index is -3.82. The molecule has 0 aliphatic carbocycles. The predicted molar refractivity (Wildman–Crippen MR) is 83.8 cm³/mol. The molecule has 0 aliphatic heterocycles. The first kappa shape index (κ1) is 16.2. The summed E-state index contributed by atoms with van der Waals surface area (Å²) in [7, 11) is -3.82. The Morgan fingerprint density at radius 3 is 2.57 bits per heavy atom. The average Bonchev–Trinajstić information content (AvgIpc) is 2.91. The summed E-state index contributed by atoms with van der Waals surface area (Å²) in [6.07, 6.45) is -0.315. The number of benzene rings is 1. The number of sulfonamides is 1. The molecule has 0 radical (unpaired) electrons.